The fourth-order valence-corrected chi connectivity index (χ4v) is 2.43. The van der Waals surface area contributed by atoms with Crippen LogP contribution in [0.1, 0.15) is 10.4 Å². The molecule has 1 aromatic rings. The Kier molecular flexibility index (Phi) is 5.36. The molecular weight excluding hydrogens is 264 g/mol. The predicted molar refractivity (Wildman–Crippen MR) is 72.7 cm³/mol. The summed E-state index contributed by atoms with van der Waals surface area (Å²) in [5.41, 5.74) is 6.26. The van der Waals surface area contributed by atoms with E-state index in [0.29, 0.717) is 32.9 Å². The van der Waals surface area contributed by atoms with Crippen molar-refractivity contribution in [3.63, 3.8) is 0 Å². The second-order valence-electron chi connectivity index (χ2n) is 3.92. The number of rotatable bonds is 3. The minimum Gasteiger partial charge on any atom is -0.376 e. The summed E-state index contributed by atoms with van der Waals surface area (Å²) in [6.45, 7) is 2.10. The number of nitrogens with two attached hydrogens (primary N) is 1. The SMILES string of the molecule is NCC#Cc1ccsc1CNC(=O)C1COCCO1. The van der Waals surface area contributed by atoms with Gasteiger partial charge in [0.25, 0.3) is 5.91 Å². The average Bonchev–Trinajstić information content (AvgIpc) is 2.91. The molecule has 6 heteroatoms. The molecule has 0 radical (unpaired) electrons. The van der Waals surface area contributed by atoms with Crippen molar-refractivity contribution in [2.45, 2.75) is 12.6 Å². The lowest BCUT2D eigenvalue weighted by Crippen LogP contribution is -2.42. The third kappa shape index (κ3) is 4.04. The highest BCUT2D eigenvalue weighted by atomic mass is 32.1. The van der Waals surface area contributed by atoms with Crippen molar-refractivity contribution in [2.24, 2.45) is 5.73 Å². The zero-order chi connectivity index (χ0) is 13.5. The molecule has 1 fully saturated rings. The van der Waals surface area contributed by atoms with Crippen LogP contribution in [0.2, 0.25) is 0 Å². The molecule has 0 saturated carbocycles. The van der Waals surface area contributed by atoms with Gasteiger partial charge in [0.05, 0.1) is 32.9 Å². The lowest BCUT2D eigenvalue weighted by molar-refractivity contribution is -0.147. The van der Waals surface area contributed by atoms with Gasteiger partial charge in [-0.2, -0.15) is 0 Å². The molecule has 0 aliphatic carbocycles. The summed E-state index contributed by atoms with van der Waals surface area (Å²) in [4.78, 5) is 12.9. The monoisotopic (exact) mass is 280 g/mol. The first-order valence-electron chi connectivity index (χ1n) is 6.03. The van der Waals surface area contributed by atoms with Crippen molar-refractivity contribution in [1.29, 1.82) is 0 Å². The number of ether oxygens (including phenoxy) is 2. The van der Waals surface area contributed by atoms with E-state index in [4.69, 9.17) is 15.2 Å². The van der Waals surface area contributed by atoms with E-state index in [2.05, 4.69) is 17.2 Å². The number of carbonyl (C=O) groups is 1. The number of nitrogens with one attached hydrogen (secondary N) is 1. The lowest BCUT2D eigenvalue weighted by atomic mass is 10.2. The first-order valence-corrected chi connectivity index (χ1v) is 6.91. The molecule has 2 heterocycles. The molecule has 2 rings (SSSR count). The summed E-state index contributed by atoms with van der Waals surface area (Å²) < 4.78 is 10.5. The van der Waals surface area contributed by atoms with Crippen LogP contribution in [0.15, 0.2) is 11.4 Å². The Morgan fingerprint density at radius 1 is 1.58 bits per heavy atom. The largest absolute Gasteiger partial charge is 0.376 e. The van der Waals surface area contributed by atoms with Crippen LogP contribution in [0.5, 0.6) is 0 Å². The van der Waals surface area contributed by atoms with Gasteiger partial charge in [0.15, 0.2) is 6.10 Å². The quantitative estimate of drug-likeness (QED) is 0.770. The topological polar surface area (TPSA) is 73.6 Å². The molecule has 19 heavy (non-hydrogen) atoms. The van der Waals surface area contributed by atoms with E-state index in [1.54, 1.807) is 11.3 Å². The third-order valence-electron chi connectivity index (χ3n) is 2.60. The minimum absolute atomic E-state index is 0.147. The van der Waals surface area contributed by atoms with Gasteiger partial charge < -0.3 is 20.5 Å². The Balaban J connectivity index is 1.88. The van der Waals surface area contributed by atoms with Gasteiger partial charge in [0.1, 0.15) is 0 Å². The predicted octanol–water partition coefficient (Wildman–Crippen LogP) is 0.0899. The van der Waals surface area contributed by atoms with Crippen molar-refractivity contribution in [3.8, 4) is 11.8 Å². The third-order valence-corrected chi connectivity index (χ3v) is 3.52. The fourth-order valence-electron chi connectivity index (χ4n) is 1.66. The van der Waals surface area contributed by atoms with Crippen LogP contribution in [0.25, 0.3) is 0 Å². The van der Waals surface area contributed by atoms with E-state index in [9.17, 15) is 4.79 Å². The summed E-state index contributed by atoms with van der Waals surface area (Å²) in [6.07, 6.45) is -0.507. The molecule has 1 aliphatic rings. The number of carbonyl (C=O) groups excluding carboxylic acids is 1. The molecule has 3 N–H and O–H groups in total. The van der Waals surface area contributed by atoms with E-state index in [1.807, 2.05) is 11.4 Å². The number of thiophene rings is 1. The van der Waals surface area contributed by atoms with E-state index in [-0.39, 0.29) is 5.91 Å². The molecule has 1 aliphatic heterocycles. The van der Waals surface area contributed by atoms with Gasteiger partial charge in [-0.25, -0.2) is 0 Å². The Hall–Kier alpha value is -1.39. The van der Waals surface area contributed by atoms with Crippen LogP contribution in [-0.2, 0) is 20.8 Å². The Bertz CT molecular complexity index is 484. The van der Waals surface area contributed by atoms with Crippen molar-refractivity contribution in [1.82, 2.24) is 5.32 Å². The fraction of sp³-hybridized carbons (Fsp3) is 0.462. The van der Waals surface area contributed by atoms with Gasteiger partial charge in [-0.05, 0) is 11.4 Å². The molecular formula is C13H16N2O3S. The van der Waals surface area contributed by atoms with Crippen LogP contribution in [-0.4, -0.2) is 38.4 Å². The zero-order valence-corrected chi connectivity index (χ0v) is 11.3. The van der Waals surface area contributed by atoms with Crippen LogP contribution in [0, 0.1) is 11.8 Å². The number of amides is 1. The van der Waals surface area contributed by atoms with Crippen LogP contribution < -0.4 is 11.1 Å². The summed E-state index contributed by atoms with van der Waals surface area (Å²) in [5, 5.41) is 4.79. The second-order valence-corrected chi connectivity index (χ2v) is 4.92. The smallest absolute Gasteiger partial charge is 0.251 e. The highest BCUT2D eigenvalue weighted by Crippen LogP contribution is 2.15. The van der Waals surface area contributed by atoms with Gasteiger partial charge in [0, 0.05) is 10.4 Å². The summed E-state index contributed by atoms with van der Waals surface area (Å²) >= 11 is 1.56. The number of hydrogen-bond donors (Lipinski definition) is 2. The Morgan fingerprint density at radius 3 is 3.21 bits per heavy atom. The molecule has 1 amide bonds. The molecule has 5 nitrogen and oxygen atoms in total. The van der Waals surface area contributed by atoms with Gasteiger partial charge in [0.2, 0.25) is 0 Å². The van der Waals surface area contributed by atoms with Crippen LogP contribution >= 0.6 is 11.3 Å². The normalized spacial score (nSPS) is 18.5. The highest BCUT2D eigenvalue weighted by Gasteiger charge is 2.22. The van der Waals surface area contributed by atoms with Gasteiger partial charge in [-0.3, -0.25) is 4.79 Å². The maximum Gasteiger partial charge on any atom is 0.251 e. The molecule has 0 aromatic carbocycles. The maximum atomic E-state index is 11.9. The van der Waals surface area contributed by atoms with Crippen LogP contribution in [0.3, 0.4) is 0 Å². The van der Waals surface area contributed by atoms with Crippen molar-refractivity contribution < 1.29 is 14.3 Å². The average molecular weight is 280 g/mol. The lowest BCUT2D eigenvalue weighted by Gasteiger charge is -2.21. The summed E-state index contributed by atoms with van der Waals surface area (Å²) in [6, 6.07) is 1.93. The zero-order valence-electron chi connectivity index (χ0n) is 10.5. The van der Waals surface area contributed by atoms with Gasteiger partial charge in [-0.1, -0.05) is 11.8 Å². The van der Waals surface area contributed by atoms with Crippen molar-refractivity contribution in [3.05, 3.63) is 21.9 Å². The van der Waals surface area contributed by atoms with Crippen LogP contribution in [0.4, 0.5) is 0 Å². The maximum absolute atomic E-state index is 11.9. The van der Waals surface area contributed by atoms with E-state index in [1.165, 1.54) is 0 Å². The molecule has 102 valence electrons. The molecule has 0 spiro atoms. The molecule has 1 aromatic heterocycles. The molecule has 0 bridgehead atoms. The first-order chi connectivity index (χ1) is 9.31. The van der Waals surface area contributed by atoms with Crippen molar-refractivity contribution in [2.75, 3.05) is 26.4 Å². The van der Waals surface area contributed by atoms with Gasteiger partial charge in [-0.15, -0.1) is 11.3 Å². The molecule has 1 atom stereocenters. The van der Waals surface area contributed by atoms with Gasteiger partial charge >= 0.3 is 0 Å². The summed E-state index contributed by atoms with van der Waals surface area (Å²) in [5.74, 6) is 5.65. The van der Waals surface area contributed by atoms with E-state index < -0.39 is 6.10 Å². The van der Waals surface area contributed by atoms with E-state index >= 15 is 0 Å². The first kappa shape index (κ1) is 14.0. The highest BCUT2D eigenvalue weighted by molar-refractivity contribution is 7.10. The second kappa shape index (κ2) is 7.26. The van der Waals surface area contributed by atoms with E-state index in [0.717, 1.165) is 10.4 Å². The summed E-state index contributed by atoms with van der Waals surface area (Å²) in [7, 11) is 0. The molecule has 1 unspecified atom stereocenters. The Labute approximate surface area is 116 Å². The minimum atomic E-state index is -0.507. The van der Waals surface area contributed by atoms with Crippen molar-refractivity contribution >= 4 is 17.2 Å². The molecule has 1 saturated heterocycles. The number of hydrogen-bond acceptors (Lipinski definition) is 5. The Morgan fingerprint density at radius 2 is 2.47 bits per heavy atom. The standard InChI is InChI=1S/C13H16N2O3S/c14-4-1-2-10-3-7-19-12(10)8-15-13(16)11-9-17-5-6-18-11/h3,7,11H,4-6,8-9,14H2,(H,15,16).